The second-order valence-corrected chi connectivity index (χ2v) is 9.94. The van der Waals surface area contributed by atoms with Gasteiger partial charge in [0.05, 0.1) is 5.56 Å². The SMILES string of the molecule is CN1C[C@@H]2C(c3ccc(C(F)(F)F)cc3)C3(c4cccnc4)CC2(C3)[C@H]1c1ccccc1. The van der Waals surface area contributed by atoms with Crippen molar-refractivity contribution in [3.05, 3.63) is 101 Å². The number of alkyl halides is 3. The van der Waals surface area contributed by atoms with Crippen molar-refractivity contribution in [3.8, 4) is 0 Å². The van der Waals surface area contributed by atoms with E-state index in [9.17, 15) is 13.2 Å². The first-order valence-corrected chi connectivity index (χ1v) is 11.2. The molecule has 2 heterocycles. The number of pyridine rings is 1. The molecule has 3 aromatic rings. The van der Waals surface area contributed by atoms with Gasteiger partial charge in [0.25, 0.3) is 0 Å². The summed E-state index contributed by atoms with van der Waals surface area (Å²) in [5, 5.41) is 0. The Kier molecular flexibility index (Phi) is 4.17. The van der Waals surface area contributed by atoms with Crippen LogP contribution < -0.4 is 0 Å². The second kappa shape index (κ2) is 6.67. The number of benzene rings is 2. The molecule has 4 aliphatic rings. The van der Waals surface area contributed by atoms with Gasteiger partial charge >= 0.3 is 6.18 Å². The van der Waals surface area contributed by atoms with E-state index in [1.165, 1.54) is 23.3 Å². The fraction of sp³-hybridized carbons (Fsp3) is 0.370. The third-order valence-corrected chi connectivity index (χ3v) is 8.44. The van der Waals surface area contributed by atoms with Gasteiger partial charge in [-0.05, 0) is 72.0 Å². The molecule has 32 heavy (non-hydrogen) atoms. The first-order valence-electron chi connectivity index (χ1n) is 11.2. The van der Waals surface area contributed by atoms with Crippen molar-refractivity contribution in [1.29, 1.82) is 0 Å². The van der Waals surface area contributed by atoms with Crippen LogP contribution in [-0.2, 0) is 11.6 Å². The van der Waals surface area contributed by atoms with Crippen molar-refractivity contribution in [2.24, 2.45) is 11.3 Å². The van der Waals surface area contributed by atoms with E-state index in [4.69, 9.17) is 0 Å². The Balaban J connectivity index is 1.46. The molecular formula is C27H25F3N2. The summed E-state index contributed by atoms with van der Waals surface area (Å²) >= 11 is 0. The largest absolute Gasteiger partial charge is 0.416 e. The van der Waals surface area contributed by atoms with E-state index < -0.39 is 11.7 Å². The zero-order valence-electron chi connectivity index (χ0n) is 17.9. The van der Waals surface area contributed by atoms with Gasteiger partial charge in [-0.2, -0.15) is 13.2 Å². The lowest BCUT2D eigenvalue weighted by atomic mass is 9.53. The summed E-state index contributed by atoms with van der Waals surface area (Å²) in [6.07, 6.45) is 1.53. The molecular weight excluding hydrogens is 409 g/mol. The lowest BCUT2D eigenvalue weighted by molar-refractivity contribution is -0.137. The molecule has 1 unspecified atom stereocenters. The van der Waals surface area contributed by atoms with Crippen molar-refractivity contribution >= 4 is 0 Å². The number of hydrogen-bond acceptors (Lipinski definition) is 2. The summed E-state index contributed by atoms with van der Waals surface area (Å²) in [6, 6.07) is 21.1. The molecule has 1 spiro atoms. The molecule has 0 N–H and O–H groups in total. The Morgan fingerprint density at radius 2 is 1.62 bits per heavy atom. The quantitative estimate of drug-likeness (QED) is 0.487. The molecule has 1 aromatic heterocycles. The van der Waals surface area contributed by atoms with Gasteiger partial charge < -0.3 is 0 Å². The third kappa shape index (κ3) is 2.60. The molecule has 7 rings (SSSR count). The summed E-state index contributed by atoms with van der Waals surface area (Å²) in [7, 11) is 2.19. The highest BCUT2D eigenvalue weighted by molar-refractivity contribution is 5.48. The monoisotopic (exact) mass is 434 g/mol. The van der Waals surface area contributed by atoms with E-state index in [0.29, 0.717) is 12.0 Å². The topological polar surface area (TPSA) is 16.1 Å². The van der Waals surface area contributed by atoms with Crippen LogP contribution in [0.2, 0.25) is 0 Å². The van der Waals surface area contributed by atoms with Crippen LogP contribution in [0.3, 0.4) is 0 Å². The summed E-state index contributed by atoms with van der Waals surface area (Å²) in [6.45, 7) is 0.952. The average molecular weight is 435 g/mol. The first kappa shape index (κ1) is 20.0. The summed E-state index contributed by atoms with van der Waals surface area (Å²) in [5.74, 6) is 0.583. The normalized spacial score (nSPS) is 33.7. The van der Waals surface area contributed by atoms with Gasteiger partial charge in [-0.25, -0.2) is 0 Å². The molecule has 164 valence electrons. The van der Waals surface area contributed by atoms with Crippen LogP contribution in [0.4, 0.5) is 13.2 Å². The summed E-state index contributed by atoms with van der Waals surface area (Å²) in [4.78, 5) is 6.86. The van der Waals surface area contributed by atoms with Crippen molar-refractivity contribution < 1.29 is 13.2 Å². The van der Waals surface area contributed by atoms with E-state index >= 15 is 0 Å². The predicted octanol–water partition coefficient (Wildman–Crippen LogP) is 6.22. The van der Waals surface area contributed by atoms with Gasteiger partial charge in [0, 0.05) is 30.4 Å². The Labute approximate surface area is 186 Å². The summed E-state index contributed by atoms with van der Waals surface area (Å²) < 4.78 is 39.6. The molecule has 2 aromatic carbocycles. The molecule has 3 saturated carbocycles. The molecule has 1 aliphatic heterocycles. The van der Waals surface area contributed by atoms with E-state index in [0.717, 1.165) is 24.9 Å². The predicted molar refractivity (Wildman–Crippen MR) is 117 cm³/mol. The van der Waals surface area contributed by atoms with Crippen molar-refractivity contribution in [1.82, 2.24) is 9.88 Å². The minimum absolute atomic E-state index is 0.0625. The van der Waals surface area contributed by atoms with Gasteiger partial charge in [0.1, 0.15) is 0 Å². The van der Waals surface area contributed by atoms with Gasteiger partial charge in [-0.1, -0.05) is 48.5 Å². The summed E-state index contributed by atoms with van der Waals surface area (Å²) in [5.41, 5.74) is 3.08. The van der Waals surface area contributed by atoms with Crippen molar-refractivity contribution in [2.75, 3.05) is 13.6 Å². The highest BCUT2D eigenvalue weighted by atomic mass is 19.4. The molecule has 3 aliphatic carbocycles. The van der Waals surface area contributed by atoms with E-state index in [1.807, 2.05) is 18.3 Å². The minimum Gasteiger partial charge on any atom is -0.298 e. The Morgan fingerprint density at radius 1 is 0.906 bits per heavy atom. The first-order chi connectivity index (χ1) is 15.4. The molecule has 0 radical (unpaired) electrons. The Bertz CT molecular complexity index is 1120. The number of aromatic nitrogens is 1. The number of likely N-dealkylation sites (tertiary alicyclic amines) is 1. The highest BCUT2D eigenvalue weighted by Crippen LogP contribution is 2.81. The molecule has 2 nitrogen and oxygen atoms in total. The highest BCUT2D eigenvalue weighted by Gasteiger charge is 2.76. The fourth-order valence-corrected chi connectivity index (χ4v) is 7.55. The van der Waals surface area contributed by atoms with Gasteiger partial charge in [-0.3, -0.25) is 9.88 Å². The van der Waals surface area contributed by atoms with Crippen LogP contribution in [0.1, 0.15) is 47.1 Å². The number of halogens is 3. The zero-order valence-corrected chi connectivity index (χ0v) is 17.9. The van der Waals surface area contributed by atoms with Crippen molar-refractivity contribution in [2.45, 2.75) is 36.4 Å². The molecule has 0 amide bonds. The van der Waals surface area contributed by atoms with Crippen LogP contribution in [0.5, 0.6) is 0 Å². The van der Waals surface area contributed by atoms with Gasteiger partial charge in [0.15, 0.2) is 0 Å². The molecule has 2 bridgehead atoms. The average Bonchev–Trinajstić information content (AvgIpc) is 3.31. The molecule has 5 heteroatoms. The maximum absolute atomic E-state index is 13.2. The van der Waals surface area contributed by atoms with Gasteiger partial charge in [-0.15, -0.1) is 0 Å². The lowest BCUT2D eigenvalue weighted by Crippen LogP contribution is -2.47. The smallest absolute Gasteiger partial charge is 0.298 e. The van der Waals surface area contributed by atoms with Crippen LogP contribution in [0.15, 0.2) is 79.1 Å². The number of nitrogens with zero attached hydrogens (tertiary/aromatic N) is 2. The standard InChI is InChI=1S/C27H25F3N2/c1-32-15-22-23(18-9-11-20(12-10-18)27(28,29)30)25(21-8-5-13-31-14-21)16-26(22,17-25)24(32)19-6-3-2-4-7-19/h2-14,22-24H,15-17H2,1H3/t22-,23?,24-,25?,26?/m1/s1. The molecule has 4 fully saturated rings. The fourth-order valence-electron chi connectivity index (χ4n) is 7.55. The molecule has 3 atom stereocenters. The van der Waals surface area contributed by atoms with E-state index in [1.54, 1.807) is 18.3 Å². The van der Waals surface area contributed by atoms with E-state index in [2.05, 4.69) is 47.3 Å². The number of rotatable bonds is 3. The van der Waals surface area contributed by atoms with Crippen LogP contribution in [0.25, 0.3) is 0 Å². The maximum atomic E-state index is 13.2. The Morgan fingerprint density at radius 3 is 2.25 bits per heavy atom. The molecule has 1 saturated heterocycles. The van der Waals surface area contributed by atoms with Crippen LogP contribution >= 0.6 is 0 Å². The van der Waals surface area contributed by atoms with Gasteiger partial charge in [0.2, 0.25) is 0 Å². The van der Waals surface area contributed by atoms with Crippen LogP contribution in [-0.4, -0.2) is 23.5 Å². The van der Waals surface area contributed by atoms with Crippen LogP contribution in [0, 0.1) is 11.3 Å². The zero-order chi connectivity index (χ0) is 22.1. The Hall–Kier alpha value is -2.66. The minimum atomic E-state index is -4.31. The third-order valence-electron chi connectivity index (χ3n) is 8.44. The lowest BCUT2D eigenvalue weighted by Gasteiger charge is -2.52. The van der Waals surface area contributed by atoms with E-state index in [-0.39, 0.29) is 16.7 Å². The van der Waals surface area contributed by atoms with Crippen molar-refractivity contribution in [3.63, 3.8) is 0 Å². The number of hydrogen-bond donors (Lipinski definition) is 0. The second-order valence-electron chi connectivity index (χ2n) is 9.94. The maximum Gasteiger partial charge on any atom is 0.416 e.